The minimum Gasteiger partial charge on any atom is -0.493 e. The number of carbonyl (C=O) groups excluding carboxylic acids is 3. The van der Waals surface area contributed by atoms with Gasteiger partial charge in [-0.15, -0.1) is 11.3 Å². The molecule has 0 saturated carbocycles. The number of hydrogen-bond donors (Lipinski definition) is 2. The van der Waals surface area contributed by atoms with Crippen LogP contribution in [0.1, 0.15) is 16.1 Å². The number of ether oxygens (including phenoxy) is 3. The van der Waals surface area contributed by atoms with Crippen molar-refractivity contribution in [2.24, 2.45) is 5.73 Å². The van der Waals surface area contributed by atoms with Crippen molar-refractivity contribution in [2.75, 3.05) is 26.1 Å². The summed E-state index contributed by atoms with van der Waals surface area (Å²) in [5.74, 6) is -0.453. The van der Waals surface area contributed by atoms with E-state index in [0.29, 0.717) is 33.5 Å². The molecule has 0 unspecified atom stereocenters. The van der Waals surface area contributed by atoms with Gasteiger partial charge < -0.3 is 25.3 Å². The van der Waals surface area contributed by atoms with Crippen molar-refractivity contribution < 1.29 is 28.6 Å². The van der Waals surface area contributed by atoms with Crippen molar-refractivity contribution in [3.63, 3.8) is 0 Å². The Morgan fingerprint density at radius 2 is 1.75 bits per heavy atom. The van der Waals surface area contributed by atoms with Gasteiger partial charge >= 0.3 is 5.97 Å². The molecule has 0 atom stereocenters. The van der Waals surface area contributed by atoms with Gasteiger partial charge in [-0.1, -0.05) is 0 Å². The Morgan fingerprint density at radius 1 is 1.03 bits per heavy atom. The molecule has 0 aliphatic carbocycles. The van der Waals surface area contributed by atoms with Gasteiger partial charge in [0.25, 0.3) is 5.91 Å². The molecule has 1 heterocycles. The third kappa shape index (κ3) is 5.82. The van der Waals surface area contributed by atoms with Crippen molar-refractivity contribution in [1.29, 1.82) is 0 Å². The molecule has 0 aliphatic rings. The molecule has 0 bridgehead atoms. The maximum atomic E-state index is 12.1. The lowest BCUT2D eigenvalue weighted by atomic mass is 10.2. The first-order chi connectivity index (χ1) is 15.4. The first-order valence-electron chi connectivity index (χ1n) is 9.41. The van der Waals surface area contributed by atoms with E-state index in [1.165, 1.54) is 35.6 Å². The second-order valence-corrected chi connectivity index (χ2v) is 7.40. The Balaban J connectivity index is 1.52. The van der Waals surface area contributed by atoms with Crippen LogP contribution in [0, 0.1) is 0 Å². The van der Waals surface area contributed by atoms with Gasteiger partial charge in [0.15, 0.2) is 18.1 Å². The summed E-state index contributed by atoms with van der Waals surface area (Å²) in [4.78, 5) is 39.6. The van der Waals surface area contributed by atoms with Gasteiger partial charge in [0, 0.05) is 22.2 Å². The van der Waals surface area contributed by atoms with E-state index in [9.17, 15) is 14.4 Å². The number of anilines is 1. The molecule has 0 fully saturated rings. The fourth-order valence-corrected chi connectivity index (χ4v) is 3.57. The number of rotatable bonds is 9. The molecule has 0 radical (unpaired) electrons. The Hall–Kier alpha value is -3.92. The number of nitrogens with one attached hydrogen (secondary N) is 1. The maximum absolute atomic E-state index is 12.1. The normalized spacial score (nSPS) is 10.3. The quantitative estimate of drug-likeness (QED) is 0.474. The highest BCUT2D eigenvalue weighted by atomic mass is 32.1. The maximum Gasteiger partial charge on any atom is 0.312 e. The van der Waals surface area contributed by atoms with Crippen LogP contribution in [0.2, 0.25) is 0 Å². The van der Waals surface area contributed by atoms with E-state index in [0.717, 1.165) is 5.56 Å². The first kappa shape index (κ1) is 22.8. The molecular weight excluding hydrogens is 434 g/mol. The Morgan fingerprint density at radius 3 is 2.41 bits per heavy atom. The van der Waals surface area contributed by atoms with Crippen LogP contribution in [-0.2, 0) is 20.7 Å². The van der Waals surface area contributed by atoms with Crippen molar-refractivity contribution in [1.82, 2.24) is 4.98 Å². The molecule has 1 aromatic heterocycles. The van der Waals surface area contributed by atoms with E-state index in [1.54, 1.807) is 31.7 Å². The van der Waals surface area contributed by atoms with E-state index in [1.807, 2.05) is 6.07 Å². The SMILES string of the molecule is COc1ccc(-c2nc(CC(=O)OCC(=O)Nc3ccc(C(N)=O)cc3)cs2)cc1OC. The topological polar surface area (TPSA) is 130 Å². The van der Waals surface area contributed by atoms with E-state index in [2.05, 4.69) is 10.3 Å². The van der Waals surface area contributed by atoms with Crippen LogP contribution in [0.25, 0.3) is 10.6 Å². The summed E-state index contributed by atoms with van der Waals surface area (Å²) in [6.45, 7) is -0.441. The van der Waals surface area contributed by atoms with Crippen LogP contribution < -0.4 is 20.5 Å². The lowest BCUT2D eigenvalue weighted by molar-refractivity contribution is -0.146. The molecule has 2 amide bonds. The number of thiazole rings is 1. The number of hydrogen-bond acceptors (Lipinski definition) is 8. The van der Waals surface area contributed by atoms with E-state index < -0.39 is 24.4 Å². The number of nitrogens with zero attached hydrogens (tertiary/aromatic N) is 1. The van der Waals surface area contributed by atoms with E-state index >= 15 is 0 Å². The monoisotopic (exact) mass is 455 g/mol. The largest absolute Gasteiger partial charge is 0.493 e. The van der Waals surface area contributed by atoms with Crippen molar-refractivity contribution in [3.8, 4) is 22.1 Å². The number of methoxy groups -OCH3 is 2. The zero-order valence-electron chi connectivity index (χ0n) is 17.4. The molecule has 0 spiro atoms. The molecule has 3 aromatic rings. The molecule has 0 saturated heterocycles. The minimum absolute atomic E-state index is 0.0651. The fourth-order valence-electron chi connectivity index (χ4n) is 2.75. The average Bonchev–Trinajstić information content (AvgIpc) is 3.26. The average molecular weight is 455 g/mol. The molecule has 32 heavy (non-hydrogen) atoms. The molecule has 166 valence electrons. The Labute approximate surface area is 188 Å². The molecule has 0 aliphatic heterocycles. The highest BCUT2D eigenvalue weighted by Crippen LogP contribution is 2.33. The van der Waals surface area contributed by atoms with Gasteiger partial charge in [-0.2, -0.15) is 0 Å². The molecular formula is C22H21N3O6S. The van der Waals surface area contributed by atoms with Crippen molar-refractivity contribution >= 4 is 34.8 Å². The summed E-state index contributed by atoms with van der Waals surface area (Å²) in [5, 5.41) is 5.04. The van der Waals surface area contributed by atoms with Crippen LogP contribution in [-0.4, -0.2) is 43.6 Å². The van der Waals surface area contributed by atoms with Crippen LogP contribution in [0.3, 0.4) is 0 Å². The molecule has 2 aromatic carbocycles. The molecule has 3 rings (SSSR count). The first-order valence-corrected chi connectivity index (χ1v) is 10.3. The standard InChI is InChI=1S/C22H21N3O6S/c1-29-17-8-5-14(9-18(17)30-2)22-25-16(12-32-22)10-20(27)31-11-19(26)24-15-6-3-13(4-7-15)21(23)28/h3-9,12H,10-11H2,1-2H3,(H2,23,28)(H,24,26). The van der Waals surface area contributed by atoms with Gasteiger partial charge in [0.05, 0.1) is 26.3 Å². The predicted molar refractivity (Wildman–Crippen MR) is 119 cm³/mol. The zero-order chi connectivity index (χ0) is 23.1. The summed E-state index contributed by atoms with van der Waals surface area (Å²) in [6.07, 6.45) is -0.0651. The number of primary amides is 1. The van der Waals surface area contributed by atoms with Gasteiger partial charge in [-0.05, 0) is 42.5 Å². The lowest BCUT2D eigenvalue weighted by Crippen LogP contribution is -2.21. The highest BCUT2D eigenvalue weighted by molar-refractivity contribution is 7.13. The second kappa shape index (κ2) is 10.4. The number of nitrogens with two attached hydrogens (primary N) is 1. The number of carbonyl (C=O) groups is 3. The number of esters is 1. The summed E-state index contributed by atoms with van der Waals surface area (Å²) in [6, 6.07) is 11.5. The number of benzene rings is 2. The summed E-state index contributed by atoms with van der Waals surface area (Å²) >= 11 is 1.38. The Bertz CT molecular complexity index is 1130. The fraction of sp³-hybridized carbons (Fsp3) is 0.182. The van der Waals surface area contributed by atoms with Crippen LogP contribution in [0.4, 0.5) is 5.69 Å². The molecule has 3 N–H and O–H groups in total. The van der Waals surface area contributed by atoms with Gasteiger partial charge in [-0.25, -0.2) is 4.98 Å². The third-order valence-corrected chi connectivity index (χ3v) is 5.27. The molecule has 9 nitrogen and oxygen atoms in total. The van der Waals surface area contributed by atoms with Crippen LogP contribution in [0.15, 0.2) is 47.8 Å². The summed E-state index contributed by atoms with van der Waals surface area (Å²) in [7, 11) is 3.11. The number of amides is 2. The Kier molecular flexibility index (Phi) is 7.40. The third-order valence-electron chi connectivity index (χ3n) is 4.33. The van der Waals surface area contributed by atoms with Crippen LogP contribution >= 0.6 is 11.3 Å². The van der Waals surface area contributed by atoms with Gasteiger partial charge in [0.1, 0.15) is 5.01 Å². The van der Waals surface area contributed by atoms with Gasteiger partial charge in [-0.3, -0.25) is 14.4 Å². The second-order valence-electron chi connectivity index (χ2n) is 6.54. The van der Waals surface area contributed by atoms with E-state index in [4.69, 9.17) is 19.9 Å². The lowest BCUT2D eigenvalue weighted by Gasteiger charge is -2.08. The van der Waals surface area contributed by atoms with Crippen LogP contribution in [0.5, 0.6) is 11.5 Å². The van der Waals surface area contributed by atoms with Crippen molar-refractivity contribution in [3.05, 3.63) is 59.1 Å². The zero-order valence-corrected chi connectivity index (χ0v) is 18.2. The molecule has 10 heteroatoms. The summed E-state index contributed by atoms with van der Waals surface area (Å²) < 4.78 is 15.6. The van der Waals surface area contributed by atoms with Gasteiger partial charge in [0.2, 0.25) is 5.91 Å². The van der Waals surface area contributed by atoms with E-state index in [-0.39, 0.29) is 6.42 Å². The highest BCUT2D eigenvalue weighted by Gasteiger charge is 2.14. The summed E-state index contributed by atoms with van der Waals surface area (Å²) in [5.41, 5.74) is 7.31. The predicted octanol–water partition coefficient (Wildman–Crippen LogP) is 2.65. The number of aromatic nitrogens is 1. The minimum atomic E-state index is -0.576. The van der Waals surface area contributed by atoms with Crippen molar-refractivity contribution in [2.45, 2.75) is 6.42 Å². The smallest absolute Gasteiger partial charge is 0.312 e.